The summed E-state index contributed by atoms with van der Waals surface area (Å²) in [4.78, 5) is 4.41. The Hall–Kier alpha value is -3.55. The molecule has 0 amide bonds. The second-order valence-corrected chi connectivity index (χ2v) is 5.21. The Balaban J connectivity index is 1.76. The third kappa shape index (κ3) is 4.10. The Labute approximate surface area is 151 Å². The fraction of sp³-hybridized carbons (Fsp3) is 0.167. The molecule has 2 N–H and O–H groups in total. The highest BCUT2D eigenvalue weighted by Crippen LogP contribution is 2.30. The fourth-order valence-corrected chi connectivity index (χ4v) is 2.26. The number of hydrogen-bond acceptors (Lipinski definition) is 8. The summed E-state index contributed by atoms with van der Waals surface area (Å²) in [5.74, 6) is 2.99. The van der Waals surface area contributed by atoms with E-state index in [4.69, 9.17) is 14.2 Å². The summed E-state index contributed by atoms with van der Waals surface area (Å²) in [7, 11) is 4.81. The summed E-state index contributed by atoms with van der Waals surface area (Å²) in [6, 6.07) is 12.9. The van der Waals surface area contributed by atoms with Crippen LogP contribution in [0.2, 0.25) is 0 Å². The predicted molar refractivity (Wildman–Crippen MR) is 98.9 cm³/mol. The molecule has 0 radical (unpaired) electrons. The first kappa shape index (κ1) is 17.3. The van der Waals surface area contributed by atoms with Crippen LogP contribution in [0.5, 0.6) is 17.2 Å². The van der Waals surface area contributed by atoms with Gasteiger partial charge >= 0.3 is 0 Å². The Morgan fingerprint density at radius 1 is 0.808 bits per heavy atom. The monoisotopic (exact) mass is 353 g/mol. The van der Waals surface area contributed by atoms with Crippen molar-refractivity contribution in [3.8, 4) is 17.2 Å². The third-order valence-corrected chi connectivity index (χ3v) is 3.58. The van der Waals surface area contributed by atoms with Gasteiger partial charge in [-0.05, 0) is 36.4 Å². The van der Waals surface area contributed by atoms with Crippen molar-refractivity contribution in [2.24, 2.45) is 0 Å². The molecule has 0 aliphatic carbocycles. The van der Waals surface area contributed by atoms with Gasteiger partial charge in [0.15, 0.2) is 5.82 Å². The molecule has 2 aromatic carbocycles. The van der Waals surface area contributed by atoms with Crippen LogP contribution in [-0.4, -0.2) is 36.5 Å². The normalized spacial score (nSPS) is 10.1. The smallest absolute Gasteiger partial charge is 0.249 e. The molecule has 0 aliphatic rings. The van der Waals surface area contributed by atoms with Crippen LogP contribution in [-0.2, 0) is 0 Å². The molecule has 0 spiro atoms. The van der Waals surface area contributed by atoms with E-state index >= 15 is 0 Å². The lowest BCUT2D eigenvalue weighted by Crippen LogP contribution is -2.03. The van der Waals surface area contributed by atoms with Crippen LogP contribution in [0.1, 0.15) is 0 Å². The molecule has 3 aromatic rings. The first-order chi connectivity index (χ1) is 12.7. The van der Waals surface area contributed by atoms with Gasteiger partial charge in [0.1, 0.15) is 17.2 Å². The highest BCUT2D eigenvalue weighted by molar-refractivity contribution is 5.65. The number of anilines is 4. The molecule has 0 fully saturated rings. The summed E-state index contributed by atoms with van der Waals surface area (Å²) in [5.41, 5.74) is 1.57. The maximum absolute atomic E-state index is 5.36. The van der Waals surface area contributed by atoms with E-state index < -0.39 is 0 Å². The molecule has 134 valence electrons. The van der Waals surface area contributed by atoms with Gasteiger partial charge in [-0.2, -0.15) is 10.1 Å². The molecule has 3 rings (SSSR count). The molecular weight excluding hydrogens is 334 g/mol. The summed E-state index contributed by atoms with van der Waals surface area (Å²) in [5, 5.41) is 14.2. The molecular formula is C18H19N5O3. The van der Waals surface area contributed by atoms with Crippen LogP contribution in [0.3, 0.4) is 0 Å². The first-order valence-electron chi connectivity index (χ1n) is 7.81. The average Bonchev–Trinajstić information content (AvgIpc) is 2.69. The second-order valence-electron chi connectivity index (χ2n) is 5.21. The zero-order valence-corrected chi connectivity index (χ0v) is 14.7. The molecule has 1 heterocycles. The van der Waals surface area contributed by atoms with Crippen molar-refractivity contribution in [3.63, 3.8) is 0 Å². The van der Waals surface area contributed by atoms with Gasteiger partial charge < -0.3 is 24.8 Å². The largest absolute Gasteiger partial charge is 0.497 e. The number of aromatic nitrogens is 3. The molecule has 0 atom stereocenters. The standard InChI is InChI=1S/C18H19N5O3/c1-24-13-6-4-12(5-7-13)20-17-11-19-23-18(22-17)21-15-9-8-14(25-2)10-16(15)26-3/h4-11H,1-3H3,(H2,20,21,22,23). The van der Waals surface area contributed by atoms with Crippen LogP contribution >= 0.6 is 0 Å². The Kier molecular flexibility index (Phi) is 5.33. The topological polar surface area (TPSA) is 90.4 Å². The number of rotatable bonds is 7. The molecule has 8 nitrogen and oxygen atoms in total. The van der Waals surface area contributed by atoms with Crippen LogP contribution in [0.25, 0.3) is 0 Å². The maximum atomic E-state index is 5.36. The number of nitrogens with one attached hydrogen (secondary N) is 2. The van der Waals surface area contributed by atoms with E-state index in [1.807, 2.05) is 36.4 Å². The van der Waals surface area contributed by atoms with Gasteiger partial charge in [-0.25, -0.2) is 0 Å². The highest BCUT2D eigenvalue weighted by Gasteiger charge is 2.08. The zero-order valence-electron chi connectivity index (χ0n) is 14.7. The molecule has 0 saturated heterocycles. The van der Waals surface area contributed by atoms with Gasteiger partial charge in [0.2, 0.25) is 5.95 Å². The Morgan fingerprint density at radius 3 is 2.23 bits per heavy atom. The highest BCUT2D eigenvalue weighted by atomic mass is 16.5. The number of methoxy groups -OCH3 is 3. The summed E-state index contributed by atoms with van der Waals surface area (Å²) >= 11 is 0. The van der Waals surface area contributed by atoms with Crippen molar-refractivity contribution < 1.29 is 14.2 Å². The zero-order chi connectivity index (χ0) is 18.4. The van der Waals surface area contributed by atoms with E-state index in [1.165, 1.54) is 0 Å². The van der Waals surface area contributed by atoms with Crippen molar-refractivity contribution in [3.05, 3.63) is 48.7 Å². The van der Waals surface area contributed by atoms with Crippen molar-refractivity contribution in [2.75, 3.05) is 32.0 Å². The molecule has 0 bridgehead atoms. The molecule has 1 aromatic heterocycles. The Morgan fingerprint density at radius 2 is 1.54 bits per heavy atom. The van der Waals surface area contributed by atoms with E-state index in [0.717, 1.165) is 11.4 Å². The van der Waals surface area contributed by atoms with Crippen molar-refractivity contribution >= 4 is 23.1 Å². The van der Waals surface area contributed by atoms with Gasteiger partial charge in [-0.1, -0.05) is 0 Å². The van der Waals surface area contributed by atoms with Gasteiger partial charge in [0, 0.05) is 11.8 Å². The minimum absolute atomic E-state index is 0.340. The summed E-state index contributed by atoms with van der Waals surface area (Å²) in [6.45, 7) is 0. The lowest BCUT2D eigenvalue weighted by molar-refractivity contribution is 0.395. The fourth-order valence-electron chi connectivity index (χ4n) is 2.26. The predicted octanol–water partition coefficient (Wildman–Crippen LogP) is 3.38. The van der Waals surface area contributed by atoms with E-state index in [1.54, 1.807) is 33.6 Å². The van der Waals surface area contributed by atoms with E-state index in [2.05, 4.69) is 25.8 Å². The van der Waals surface area contributed by atoms with Gasteiger partial charge in [0.25, 0.3) is 0 Å². The minimum Gasteiger partial charge on any atom is -0.497 e. The van der Waals surface area contributed by atoms with E-state index in [9.17, 15) is 0 Å². The van der Waals surface area contributed by atoms with E-state index in [-0.39, 0.29) is 0 Å². The molecule has 0 aliphatic heterocycles. The second kappa shape index (κ2) is 8.02. The summed E-state index contributed by atoms with van der Waals surface area (Å²) in [6.07, 6.45) is 1.54. The average molecular weight is 353 g/mol. The van der Waals surface area contributed by atoms with Crippen LogP contribution in [0.4, 0.5) is 23.1 Å². The van der Waals surface area contributed by atoms with Crippen LogP contribution in [0, 0.1) is 0 Å². The molecule has 26 heavy (non-hydrogen) atoms. The van der Waals surface area contributed by atoms with Gasteiger partial charge in [-0.15, -0.1) is 5.10 Å². The molecule has 0 unspecified atom stereocenters. The van der Waals surface area contributed by atoms with Gasteiger partial charge in [-0.3, -0.25) is 0 Å². The SMILES string of the molecule is COc1ccc(Nc2cnnc(Nc3ccc(OC)cc3OC)n2)cc1. The number of nitrogens with zero attached hydrogens (tertiary/aromatic N) is 3. The quantitative estimate of drug-likeness (QED) is 0.668. The molecule has 8 heteroatoms. The van der Waals surface area contributed by atoms with Crippen molar-refractivity contribution in [2.45, 2.75) is 0 Å². The summed E-state index contributed by atoms with van der Waals surface area (Å²) < 4.78 is 15.7. The Bertz CT molecular complexity index is 871. The third-order valence-electron chi connectivity index (χ3n) is 3.58. The number of hydrogen-bond donors (Lipinski definition) is 2. The lowest BCUT2D eigenvalue weighted by atomic mass is 10.2. The first-order valence-corrected chi connectivity index (χ1v) is 7.81. The van der Waals surface area contributed by atoms with Crippen LogP contribution < -0.4 is 24.8 Å². The van der Waals surface area contributed by atoms with Crippen LogP contribution in [0.15, 0.2) is 48.7 Å². The van der Waals surface area contributed by atoms with E-state index in [0.29, 0.717) is 29.0 Å². The minimum atomic E-state index is 0.340. The maximum Gasteiger partial charge on any atom is 0.249 e. The van der Waals surface area contributed by atoms with Gasteiger partial charge in [0.05, 0.1) is 33.2 Å². The number of benzene rings is 2. The molecule has 0 saturated carbocycles. The number of ether oxygens (including phenoxy) is 3. The lowest BCUT2D eigenvalue weighted by Gasteiger charge is -2.12. The van der Waals surface area contributed by atoms with Crippen molar-refractivity contribution in [1.29, 1.82) is 0 Å². The van der Waals surface area contributed by atoms with Crippen molar-refractivity contribution in [1.82, 2.24) is 15.2 Å².